The van der Waals surface area contributed by atoms with E-state index >= 15 is 0 Å². The van der Waals surface area contributed by atoms with Gasteiger partial charge < -0.3 is 10.2 Å². The summed E-state index contributed by atoms with van der Waals surface area (Å²) in [4.78, 5) is 38.4. The third-order valence-electron chi connectivity index (χ3n) is 4.80. The van der Waals surface area contributed by atoms with E-state index in [4.69, 9.17) is 0 Å². The lowest BCUT2D eigenvalue weighted by atomic mass is 10.0. The van der Waals surface area contributed by atoms with Crippen LogP contribution in [0.5, 0.6) is 0 Å². The van der Waals surface area contributed by atoms with Gasteiger partial charge in [-0.15, -0.1) is 0 Å². The van der Waals surface area contributed by atoms with Gasteiger partial charge in [0.15, 0.2) is 0 Å². The standard InChI is InChI=1S/C17H21FN4O5S/c18-12-2-1-3-14(10-12)28(26,27)20-7-4-15(23)21-8-5-13(6-9-21)22-16(24)11-19-17(22)25/h1-3,10,13,20H,4-9,11H2,(H,19,25). The van der Waals surface area contributed by atoms with E-state index in [9.17, 15) is 27.2 Å². The largest absolute Gasteiger partial charge is 0.343 e. The number of likely N-dealkylation sites (tertiary alicyclic amines) is 1. The van der Waals surface area contributed by atoms with Crippen LogP contribution >= 0.6 is 0 Å². The Balaban J connectivity index is 1.46. The quantitative estimate of drug-likeness (QED) is 0.640. The smallest absolute Gasteiger partial charge is 0.324 e. The van der Waals surface area contributed by atoms with Crippen molar-refractivity contribution in [2.24, 2.45) is 0 Å². The average Bonchev–Trinajstić information content (AvgIpc) is 3.00. The Hall–Kier alpha value is -2.53. The van der Waals surface area contributed by atoms with Gasteiger partial charge in [0.25, 0.3) is 0 Å². The highest BCUT2D eigenvalue weighted by atomic mass is 32.2. The zero-order valence-electron chi connectivity index (χ0n) is 15.1. The lowest BCUT2D eigenvalue weighted by molar-refractivity contribution is -0.133. The van der Waals surface area contributed by atoms with Gasteiger partial charge in [-0.05, 0) is 31.0 Å². The van der Waals surface area contributed by atoms with Crippen LogP contribution in [0.4, 0.5) is 9.18 Å². The summed E-state index contributed by atoms with van der Waals surface area (Å²) in [6.07, 6.45) is 0.933. The molecular weight excluding hydrogens is 391 g/mol. The Morgan fingerprint density at radius 1 is 1.25 bits per heavy atom. The summed E-state index contributed by atoms with van der Waals surface area (Å²) in [6, 6.07) is 3.99. The number of nitrogens with one attached hydrogen (secondary N) is 2. The van der Waals surface area contributed by atoms with Gasteiger partial charge in [-0.1, -0.05) is 6.07 Å². The van der Waals surface area contributed by atoms with E-state index in [1.54, 1.807) is 4.90 Å². The zero-order valence-corrected chi connectivity index (χ0v) is 15.9. The summed E-state index contributed by atoms with van der Waals surface area (Å²) in [6.45, 7) is 0.669. The van der Waals surface area contributed by atoms with Gasteiger partial charge in [0, 0.05) is 32.1 Å². The Labute approximate surface area is 161 Å². The first-order chi connectivity index (χ1) is 13.3. The summed E-state index contributed by atoms with van der Waals surface area (Å²) in [5, 5.41) is 2.48. The molecule has 4 amide bonds. The highest BCUT2D eigenvalue weighted by Crippen LogP contribution is 2.19. The van der Waals surface area contributed by atoms with E-state index in [1.165, 1.54) is 17.0 Å². The highest BCUT2D eigenvalue weighted by molar-refractivity contribution is 7.89. The molecular formula is C17H21FN4O5S. The monoisotopic (exact) mass is 412 g/mol. The second-order valence-electron chi connectivity index (χ2n) is 6.64. The molecule has 2 saturated heterocycles. The minimum absolute atomic E-state index is 0.00341. The Morgan fingerprint density at radius 2 is 1.96 bits per heavy atom. The van der Waals surface area contributed by atoms with Crippen molar-refractivity contribution in [3.05, 3.63) is 30.1 Å². The first-order valence-electron chi connectivity index (χ1n) is 8.91. The molecule has 0 atom stereocenters. The molecule has 28 heavy (non-hydrogen) atoms. The number of piperidine rings is 1. The van der Waals surface area contributed by atoms with E-state index in [0.717, 1.165) is 12.1 Å². The molecule has 0 bridgehead atoms. The summed E-state index contributed by atoms with van der Waals surface area (Å²) in [5.74, 6) is -1.15. The molecule has 1 aromatic carbocycles. The SMILES string of the molecule is O=C(CCNS(=O)(=O)c1cccc(F)c1)N1CCC(N2C(=O)CNC2=O)CC1. The molecule has 3 rings (SSSR count). The summed E-state index contributed by atoms with van der Waals surface area (Å²) >= 11 is 0. The van der Waals surface area contributed by atoms with Gasteiger partial charge in [-0.3, -0.25) is 14.5 Å². The minimum Gasteiger partial charge on any atom is -0.343 e. The Bertz CT molecular complexity index is 867. The van der Waals surface area contributed by atoms with Crippen molar-refractivity contribution < 1.29 is 27.2 Å². The van der Waals surface area contributed by atoms with E-state index in [1.807, 2.05) is 0 Å². The first kappa shape index (κ1) is 20.2. The molecule has 0 aliphatic carbocycles. The molecule has 9 nitrogen and oxygen atoms in total. The van der Waals surface area contributed by atoms with Crippen LogP contribution in [0.1, 0.15) is 19.3 Å². The maximum Gasteiger partial charge on any atom is 0.324 e. The third kappa shape index (κ3) is 4.47. The van der Waals surface area contributed by atoms with Gasteiger partial charge in [-0.25, -0.2) is 22.3 Å². The van der Waals surface area contributed by atoms with Crippen LogP contribution in [-0.4, -0.2) is 68.3 Å². The van der Waals surface area contributed by atoms with Crippen molar-refractivity contribution in [3.63, 3.8) is 0 Å². The van der Waals surface area contributed by atoms with Gasteiger partial charge in [0.1, 0.15) is 5.82 Å². The molecule has 0 spiro atoms. The predicted octanol–water partition coefficient (Wildman–Crippen LogP) is 0.0369. The van der Waals surface area contributed by atoms with Gasteiger partial charge in [-0.2, -0.15) is 0 Å². The van der Waals surface area contributed by atoms with Crippen LogP contribution in [0.2, 0.25) is 0 Å². The van der Waals surface area contributed by atoms with Crippen LogP contribution in [0.25, 0.3) is 0 Å². The van der Waals surface area contributed by atoms with Crippen molar-refractivity contribution in [1.29, 1.82) is 0 Å². The lowest BCUT2D eigenvalue weighted by Crippen LogP contribution is -2.49. The minimum atomic E-state index is -3.89. The van der Waals surface area contributed by atoms with E-state index in [0.29, 0.717) is 25.9 Å². The van der Waals surface area contributed by atoms with Crippen molar-refractivity contribution in [2.75, 3.05) is 26.2 Å². The number of urea groups is 1. The topological polar surface area (TPSA) is 116 Å². The fourth-order valence-electron chi connectivity index (χ4n) is 3.35. The number of hydrogen-bond acceptors (Lipinski definition) is 5. The van der Waals surface area contributed by atoms with E-state index in [2.05, 4.69) is 10.0 Å². The molecule has 2 N–H and O–H groups in total. The summed E-state index contributed by atoms with van der Waals surface area (Å²) < 4.78 is 39.7. The fraction of sp³-hybridized carbons (Fsp3) is 0.471. The molecule has 0 saturated carbocycles. The maximum atomic E-state index is 13.2. The molecule has 2 fully saturated rings. The normalized spacial score (nSPS) is 18.5. The van der Waals surface area contributed by atoms with Gasteiger partial charge in [0.05, 0.1) is 11.4 Å². The number of rotatable bonds is 6. The van der Waals surface area contributed by atoms with Crippen molar-refractivity contribution in [2.45, 2.75) is 30.2 Å². The molecule has 11 heteroatoms. The lowest BCUT2D eigenvalue weighted by Gasteiger charge is -2.35. The number of sulfonamides is 1. The molecule has 152 valence electrons. The maximum absolute atomic E-state index is 13.2. The Kier molecular flexibility index (Phi) is 5.94. The van der Waals surface area contributed by atoms with Crippen molar-refractivity contribution >= 4 is 27.9 Å². The number of carbonyl (C=O) groups excluding carboxylic acids is 3. The van der Waals surface area contributed by atoms with Gasteiger partial charge in [0.2, 0.25) is 21.8 Å². The molecule has 1 aromatic rings. The number of halogens is 1. The van der Waals surface area contributed by atoms with E-state index < -0.39 is 21.9 Å². The second kappa shape index (κ2) is 8.23. The van der Waals surface area contributed by atoms with Crippen LogP contribution in [0.3, 0.4) is 0 Å². The van der Waals surface area contributed by atoms with Crippen molar-refractivity contribution in [1.82, 2.24) is 19.8 Å². The van der Waals surface area contributed by atoms with Gasteiger partial charge >= 0.3 is 6.03 Å². The van der Waals surface area contributed by atoms with E-state index in [-0.39, 0.29) is 42.3 Å². The number of carbonyl (C=O) groups is 3. The number of benzene rings is 1. The number of nitrogens with zero attached hydrogens (tertiary/aromatic N) is 2. The molecule has 0 radical (unpaired) electrons. The zero-order chi connectivity index (χ0) is 20.3. The Morgan fingerprint density at radius 3 is 2.57 bits per heavy atom. The summed E-state index contributed by atoms with van der Waals surface area (Å²) in [5.41, 5.74) is 0. The number of hydrogen-bond donors (Lipinski definition) is 2. The summed E-state index contributed by atoms with van der Waals surface area (Å²) in [7, 11) is -3.89. The number of imide groups is 1. The van der Waals surface area contributed by atoms with Crippen LogP contribution in [-0.2, 0) is 19.6 Å². The molecule has 2 aliphatic rings. The second-order valence-corrected chi connectivity index (χ2v) is 8.41. The van der Waals surface area contributed by atoms with Crippen LogP contribution in [0.15, 0.2) is 29.2 Å². The molecule has 2 aliphatic heterocycles. The molecule has 2 heterocycles. The average molecular weight is 412 g/mol. The number of amides is 4. The fourth-order valence-corrected chi connectivity index (χ4v) is 4.41. The molecule has 0 unspecified atom stereocenters. The predicted molar refractivity (Wildman–Crippen MR) is 96.1 cm³/mol. The highest BCUT2D eigenvalue weighted by Gasteiger charge is 2.37. The van der Waals surface area contributed by atoms with Crippen LogP contribution in [0, 0.1) is 5.82 Å². The third-order valence-corrected chi connectivity index (χ3v) is 6.26. The molecule has 0 aromatic heterocycles. The van der Waals surface area contributed by atoms with Crippen LogP contribution < -0.4 is 10.0 Å². The first-order valence-corrected chi connectivity index (χ1v) is 10.4. The van der Waals surface area contributed by atoms with Crippen molar-refractivity contribution in [3.8, 4) is 0 Å².